The maximum Gasteiger partial charge on any atom is 0.272 e. The second-order valence-electron chi connectivity index (χ2n) is 7.02. The third-order valence-electron chi connectivity index (χ3n) is 5.54. The summed E-state index contributed by atoms with van der Waals surface area (Å²) < 4.78 is 14.9. The smallest absolute Gasteiger partial charge is 0.272 e. The van der Waals surface area contributed by atoms with Gasteiger partial charge in [-0.1, -0.05) is 0 Å². The van der Waals surface area contributed by atoms with Crippen LogP contribution in [0.1, 0.15) is 36.2 Å². The van der Waals surface area contributed by atoms with Gasteiger partial charge in [0.25, 0.3) is 5.91 Å². The number of benzene rings is 1. The average Bonchev–Trinajstić information content (AvgIpc) is 3.34. The summed E-state index contributed by atoms with van der Waals surface area (Å²) in [5, 5.41) is 0. The van der Waals surface area contributed by atoms with Gasteiger partial charge in [0.2, 0.25) is 0 Å². The van der Waals surface area contributed by atoms with Crippen molar-refractivity contribution in [3.05, 3.63) is 48.3 Å². The number of hydrogen-bond donors (Lipinski definition) is 0. The Morgan fingerprint density at radius 2 is 1.84 bits per heavy atom. The number of aromatic nitrogens is 2. The van der Waals surface area contributed by atoms with E-state index >= 15 is 0 Å². The van der Waals surface area contributed by atoms with E-state index in [2.05, 4.69) is 16.9 Å². The summed E-state index contributed by atoms with van der Waals surface area (Å²) in [4.78, 5) is 21.8. The zero-order valence-electron chi connectivity index (χ0n) is 14.4. The van der Waals surface area contributed by atoms with E-state index in [-0.39, 0.29) is 17.8 Å². The Labute approximate surface area is 147 Å². The number of nitrogens with zero attached hydrogens (tertiary/aromatic N) is 4. The second-order valence-corrected chi connectivity index (χ2v) is 7.02. The number of imidazole rings is 1. The minimum atomic E-state index is -0.291. The predicted octanol–water partition coefficient (Wildman–Crippen LogP) is 2.71. The largest absolute Gasteiger partial charge is 0.333 e. The van der Waals surface area contributed by atoms with Crippen molar-refractivity contribution in [1.82, 2.24) is 19.4 Å². The Balaban J connectivity index is 1.61. The molecule has 1 amide bonds. The van der Waals surface area contributed by atoms with Crippen LogP contribution in [0.15, 0.2) is 36.8 Å². The van der Waals surface area contributed by atoms with E-state index in [0.717, 1.165) is 38.0 Å². The van der Waals surface area contributed by atoms with Crippen LogP contribution in [0.4, 0.5) is 4.39 Å². The fourth-order valence-corrected chi connectivity index (χ4v) is 4.27. The van der Waals surface area contributed by atoms with E-state index in [0.29, 0.717) is 11.7 Å². The molecule has 5 nitrogen and oxygen atoms in total. The lowest BCUT2D eigenvalue weighted by molar-refractivity contribution is 0.0656. The number of amides is 1. The van der Waals surface area contributed by atoms with Crippen molar-refractivity contribution in [2.45, 2.75) is 37.8 Å². The van der Waals surface area contributed by atoms with Crippen LogP contribution in [-0.4, -0.2) is 57.5 Å². The highest BCUT2D eigenvalue weighted by atomic mass is 19.1. The van der Waals surface area contributed by atoms with Gasteiger partial charge in [0, 0.05) is 24.3 Å². The van der Waals surface area contributed by atoms with Gasteiger partial charge in [0.15, 0.2) is 0 Å². The SMILES string of the molecule is CN1CCC[C@@H]1[C@@H]1CCCN1C(=O)c1cncn1-c1ccc(F)cc1. The zero-order chi connectivity index (χ0) is 17.4. The quantitative estimate of drug-likeness (QED) is 0.861. The maximum atomic E-state index is 13.2. The van der Waals surface area contributed by atoms with E-state index in [4.69, 9.17) is 0 Å². The molecule has 0 spiro atoms. The average molecular weight is 342 g/mol. The van der Waals surface area contributed by atoms with Gasteiger partial charge in [-0.25, -0.2) is 9.37 Å². The fraction of sp³-hybridized carbons (Fsp3) is 0.474. The Morgan fingerprint density at radius 3 is 2.56 bits per heavy atom. The fourth-order valence-electron chi connectivity index (χ4n) is 4.27. The number of likely N-dealkylation sites (N-methyl/N-ethyl adjacent to an activating group) is 1. The molecule has 2 saturated heterocycles. The summed E-state index contributed by atoms with van der Waals surface area (Å²) >= 11 is 0. The molecule has 4 rings (SSSR count). The topological polar surface area (TPSA) is 41.4 Å². The lowest BCUT2D eigenvalue weighted by atomic mass is 10.0. The number of carbonyl (C=O) groups excluding carboxylic acids is 1. The Kier molecular flexibility index (Phi) is 4.29. The van der Waals surface area contributed by atoms with Crippen LogP contribution in [0.25, 0.3) is 5.69 Å². The molecule has 0 bridgehead atoms. The van der Waals surface area contributed by atoms with E-state index in [1.54, 1.807) is 29.2 Å². The van der Waals surface area contributed by atoms with Crippen molar-refractivity contribution >= 4 is 5.91 Å². The highest BCUT2D eigenvalue weighted by Gasteiger charge is 2.39. The molecule has 2 fully saturated rings. The van der Waals surface area contributed by atoms with Crippen LogP contribution in [0.3, 0.4) is 0 Å². The van der Waals surface area contributed by atoms with Gasteiger partial charge in [-0.05, 0) is 63.5 Å². The molecule has 1 aromatic carbocycles. The third-order valence-corrected chi connectivity index (χ3v) is 5.54. The van der Waals surface area contributed by atoms with Crippen molar-refractivity contribution < 1.29 is 9.18 Å². The maximum absolute atomic E-state index is 13.2. The summed E-state index contributed by atoms with van der Waals surface area (Å²) in [6, 6.07) is 6.86. The molecule has 6 heteroatoms. The molecule has 2 aliphatic rings. The molecule has 2 aromatic rings. The molecule has 1 aromatic heterocycles. The number of carbonyl (C=O) groups is 1. The van der Waals surface area contributed by atoms with Crippen molar-refractivity contribution in [3.8, 4) is 5.69 Å². The summed E-state index contributed by atoms with van der Waals surface area (Å²) in [6.07, 6.45) is 7.69. The van der Waals surface area contributed by atoms with E-state index in [1.807, 2.05) is 4.90 Å². The molecular weight excluding hydrogens is 319 g/mol. The Morgan fingerprint density at radius 1 is 1.12 bits per heavy atom. The summed E-state index contributed by atoms with van der Waals surface area (Å²) in [5.74, 6) is -0.273. The molecule has 132 valence electrons. The van der Waals surface area contributed by atoms with Gasteiger partial charge in [-0.3, -0.25) is 9.36 Å². The predicted molar refractivity (Wildman–Crippen MR) is 93.2 cm³/mol. The van der Waals surface area contributed by atoms with Crippen LogP contribution >= 0.6 is 0 Å². The number of hydrogen-bond acceptors (Lipinski definition) is 3. The minimum absolute atomic E-state index is 0.0182. The Bertz CT molecular complexity index is 757. The first-order valence-corrected chi connectivity index (χ1v) is 8.94. The molecule has 2 atom stereocenters. The van der Waals surface area contributed by atoms with Crippen LogP contribution < -0.4 is 0 Å². The molecule has 3 heterocycles. The molecule has 2 aliphatic heterocycles. The van der Waals surface area contributed by atoms with E-state index < -0.39 is 0 Å². The molecule has 25 heavy (non-hydrogen) atoms. The van der Waals surface area contributed by atoms with Crippen molar-refractivity contribution in [2.75, 3.05) is 20.1 Å². The van der Waals surface area contributed by atoms with E-state index in [1.165, 1.54) is 18.6 Å². The first-order valence-electron chi connectivity index (χ1n) is 8.94. The van der Waals surface area contributed by atoms with Gasteiger partial charge < -0.3 is 9.80 Å². The van der Waals surface area contributed by atoms with Crippen LogP contribution in [0, 0.1) is 5.82 Å². The summed E-state index contributed by atoms with van der Waals surface area (Å²) in [5.41, 5.74) is 1.29. The van der Waals surface area contributed by atoms with Gasteiger partial charge in [-0.15, -0.1) is 0 Å². The number of halogens is 1. The standard InChI is InChI=1S/C19H23FN4O/c1-22-10-2-4-16(22)17-5-3-11-23(17)19(25)18-12-21-13-24(18)15-8-6-14(20)7-9-15/h6-9,12-13,16-17H,2-5,10-11H2,1H3/t16-,17+/m1/s1. The lowest BCUT2D eigenvalue weighted by Gasteiger charge is -2.33. The lowest BCUT2D eigenvalue weighted by Crippen LogP contribution is -2.47. The molecule has 0 radical (unpaired) electrons. The highest BCUT2D eigenvalue weighted by molar-refractivity contribution is 5.93. The van der Waals surface area contributed by atoms with Crippen molar-refractivity contribution in [1.29, 1.82) is 0 Å². The van der Waals surface area contributed by atoms with Gasteiger partial charge in [0.05, 0.1) is 12.5 Å². The number of likely N-dealkylation sites (tertiary alicyclic amines) is 2. The second kappa shape index (κ2) is 6.59. The van der Waals surface area contributed by atoms with Crippen LogP contribution in [0.2, 0.25) is 0 Å². The first-order chi connectivity index (χ1) is 12.1. The normalized spacial score (nSPS) is 24.2. The summed E-state index contributed by atoms with van der Waals surface area (Å²) in [6.45, 7) is 1.90. The van der Waals surface area contributed by atoms with Crippen molar-refractivity contribution in [2.24, 2.45) is 0 Å². The van der Waals surface area contributed by atoms with Gasteiger partial charge >= 0.3 is 0 Å². The summed E-state index contributed by atoms with van der Waals surface area (Å²) in [7, 11) is 2.15. The molecule has 0 unspecified atom stereocenters. The van der Waals surface area contributed by atoms with Gasteiger partial charge in [0.1, 0.15) is 11.5 Å². The van der Waals surface area contributed by atoms with Crippen LogP contribution in [-0.2, 0) is 0 Å². The number of rotatable bonds is 3. The molecule has 0 aliphatic carbocycles. The minimum Gasteiger partial charge on any atom is -0.333 e. The van der Waals surface area contributed by atoms with E-state index in [9.17, 15) is 9.18 Å². The third kappa shape index (κ3) is 2.95. The first kappa shape index (κ1) is 16.3. The van der Waals surface area contributed by atoms with Crippen LogP contribution in [0.5, 0.6) is 0 Å². The molecular formula is C19H23FN4O. The monoisotopic (exact) mass is 342 g/mol. The molecule has 0 N–H and O–H groups in total. The Hall–Kier alpha value is -2.21. The molecule has 0 saturated carbocycles. The van der Waals surface area contributed by atoms with Gasteiger partial charge in [-0.2, -0.15) is 0 Å². The zero-order valence-corrected chi connectivity index (χ0v) is 14.4. The highest BCUT2D eigenvalue weighted by Crippen LogP contribution is 2.30. The van der Waals surface area contributed by atoms with Crippen molar-refractivity contribution in [3.63, 3.8) is 0 Å².